The molecule has 0 radical (unpaired) electrons. The van der Waals surface area contributed by atoms with Crippen molar-refractivity contribution in [2.45, 2.75) is 19.0 Å². The summed E-state index contributed by atoms with van der Waals surface area (Å²) in [4.78, 5) is 14.4. The average Bonchev–Trinajstić information content (AvgIpc) is 3.12. The van der Waals surface area contributed by atoms with Crippen LogP contribution >= 0.6 is 11.3 Å². The van der Waals surface area contributed by atoms with Crippen molar-refractivity contribution in [2.75, 3.05) is 27.7 Å². The smallest absolute Gasteiger partial charge is 0.315 e. The minimum Gasteiger partial charge on any atom is -0.497 e. The first-order chi connectivity index (χ1) is 13.6. The molecular formula is C22H27N3O2S. The lowest BCUT2D eigenvalue weighted by molar-refractivity contribution is 0.231. The zero-order chi connectivity index (χ0) is 19.9. The molecule has 0 fully saturated rings. The van der Waals surface area contributed by atoms with Crippen molar-refractivity contribution in [3.63, 3.8) is 0 Å². The largest absolute Gasteiger partial charge is 0.497 e. The van der Waals surface area contributed by atoms with Gasteiger partial charge >= 0.3 is 6.03 Å². The van der Waals surface area contributed by atoms with E-state index in [4.69, 9.17) is 4.74 Å². The molecule has 1 heterocycles. The number of nitrogens with zero attached hydrogens (tertiary/aromatic N) is 1. The SMILES string of the molecule is COc1cccc(CNC(=O)NC[C@H](Cc2csc3ccccc23)N(C)C)c1. The van der Waals surface area contributed by atoms with Crippen LogP contribution in [-0.4, -0.2) is 44.7 Å². The summed E-state index contributed by atoms with van der Waals surface area (Å²) in [5, 5.41) is 9.45. The molecule has 0 saturated heterocycles. The minimum atomic E-state index is -0.162. The second-order valence-corrected chi connectivity index (χ2v) is 7.90. The maximum absolute atomic E-state index is 12.2. The number of benzene rings is 2. The van der Waals surface area contributed by atoms with Gasteiger partial charge in [0.2, 0.25) is 0 Å². The molecule has 3 rings (SSSR count). The van der Waals surface area contributed by atoms with Gasteiger partial charge in [-0.3, -0.25) is 0 Å². The first kappa shape index (κ1) is 20.2. The Morgan fingerprint density at radius 2 is 1.96 bits per heavy atom. The Morgan fingerprint density at radius 3 is 2.75 bits per heavy atom. The van der Waals surface area contributed by atoms with Crippen molar-refractivity contribution in [3.8, 4) is 5.75 Å². The van der Waals surface area contributed by atoms with Crippen LogP contribution in [0, 0.1) is 0 Å². The molecule has 0 unspecified atom stereocenters. The number of amides is 2. The number of thiophene rings is 1. The minimum absolute atomic E-state index is 0.162. The molecule has 0 saturated carbocycles. The lowest BCUT2D eigenvalue weighted by atomic mass is 10.0. The Balaban J connectivity index is 1.53. The standard InChI is InChI=1S/C22H27N3O2S/c1-25(2)18(12-17-15-28-21-10-5-4-9-20(17)21)14-24-22(26)23-13-16-7-6-8-19(11-16)27-3/h4-11,15,18H,12-14H2,1-3H3,(H2,23,24,26)/t18-/m0/s1. The van der Waals surface area contributed by atoms with Crippen molar-refractivity contribution >= 4 is 27.5 Å². The van der Waals surface area contributed by atoms with Crippen LogP contribution in [-0.2, 0) is 13.0 Å². The molecule has 2 amide bonds. The monoisotopic (exact) mass is 397 g/mol. The highest BCUT2D eigenvalue weighted by molar-refractivity contribution is 7.17. The molecule has 0 aliphatic carbocycles. The molecule has 148 valence electrons. The van der Waals surface area contributed by atoms with Gasteiger partial charge in [0, 0.05) is 23.8 Å². The molecule has 3 aromatic rings. The average molecular weight is 398 g/mol. The highest BCUT2D eigenvalue weighted by Crippen LogP contribution is 2.27. The third-order valence-electron chi connectivity index (χ3n) is 4.83. The predicted molar refractivity (Wildman–Crippen MR) is 116 cm³/mol. The van der Waals surface area contributed by atoms with Gasteiger partial charge < -0.3 is 20.3 Å². The maximum atomic E-state index is 12.2. The van der Waals surface area contributed by atoms with Crippen LogP contribution in [0.3, 0.4) is 0 Å². The molecule has 2 N–H and O–H groups in total. The van der Waals surface area contributed by atoms with Crippen molar-refractivity contribution < 1.29 is 9.53 Å². The van der Waals surface area contributed by atoms with E-state index in [1.54, 1.807) is 18.4 Å². The Hall–Kier alpha value is -2.57. The fraction of sp³-hybridized carbons (Fsp3) is 0.318. The number of rotatable bonds is 8. The molecule has 28 heavy (non-hydrogen) atoms. The van der Waals surface area contributed by atoms with Crippen LogP contribution in [0.1, 0.15) is 11.1 Å². The lowest BCUT2D eigenvalue weighted by Crippen LogP contribution is -2.44. The van der Waals surface area contributed by atoms with Gasteiger partial charge in [-0.25, -0.2) is 4.79 Å². The van der Waals surface area contributed by atoms with Crippen LogP contribution in [0.2, 0.25) is 0 Å². The van der Waals surface area contributed by atoms with E-state index < -0.39 is 0 Å². The molecule has 1 aromatic heterocycles. The molecule has 1 atom stereocenters. The summed E-state index contributed by atoms with van der Waals surface area (Å²) < 4.78 is 6.52. The van der Waals surface area contributed by atoms with E-state index in [9.17, 15) is 4.79 Å². The quantitative estimate of drug-likeness (QED) is 0.606. The topological polar surface area (TPSA) is 53.6 Å². The highest BCUT2D eigenvalue weighted by Gasteiger charge is 2.16. The van der Waals surface area contributed by atoms with Gasteiger partial charge in [-0.05, 0) is 60.6 Å². The molecule has 2 aromatic carbocycles. The normalized spacial score (nSPS) is 12.1. The number of nitrogens with one attached hydrogen (secondary N) is 2. The first-order valence-electron chi connectivity index (χ1n) is 9.33. The van der Waals surface area contributed by atoms with Crippen molar-refractivity contribution in [1.29, 1.82) is 0 Å². The third kappa shape index (κ3) is 5.24. The fourth-order valence-corrected chi connectivity index (χ4v) is 4.10. The highest BCUT2D eigenvalue weighted by atomic mass is 32.1. The molecule has 6 heteroatoms. The van der Waals surface area contributed by atoms with Gasteiger partial charge in [0.1, 0.15) is 5.75 Å². The summed E-state index contributed by atoms with van der Waals surface area (Å²) in [6.45, 7) is 1.05. The first-order valence-corrected chi connectivity index (χ1v) is 10.2. The molecule has 0 spiro atoms. The number of carbonyl (C=O) groups is 1. The zero-order valence-electron chi connectivity index (χ0n) is 16.6. The van der Waals surface area contributed by atoms with E-state index in [2.05, 4.69) is 59.3 Å². The summed E-state index contributed by atoms with van der Waals surface area (Å²) in [5.41, 5.74) is 2.33. The number of hydrogen-bond donors (Lipinski definition) is 2. The number of ether oxygens (including phenoxy) is 1. The number of fused-ring (bicyclic) bond motifs is 1. The van der Waals surface area contributed by atoms with Crippen LogP contribution in [0.5, 0.6) is 5.75 Å². The molecule has 0 bridgehead atoms. The zero-order valence-corrected chi connectivity index (χ0v) is 17.4. The summed E-state index contributed by atoms with van der Waals surface area (Å²) >= 11 is 1.77. The third-order valence-corrected chi connectivity index (χ3v) is 5.84. The summed E-state index contributed by atoms with van der Waals surface area (Å²) in [7, 11) is 5.74. The molecule has 0 aliphatic heterocycles. The number of carbonyl (C=O) groups excluding carboxylic acids is 1. The molecular weight excluding hydrogens is 370 g/mol. The summed E-state index contributed by atoms with van der Waals surface area (Å²) in [6, 6.07) is 16.2. The second-order valence-electron chi connectivity index (χ2n) is 6.99. The van der Waals surface area contributed by atoms with Gasteiger partial charge in [-0.15, -0.1) is 11.3 Å². The second kappa shape index (κ2) is 9.57. The van der Waals surface area contributed by atoms with Gasteiger partial charge in [-0.2, -0.15) is 0 Å². The van der Waals surface area contributed by atoms with E-state index in [1.165, 1.54) is 15.6 Å². The van der Waals surface area contributed by atoms with Crippen molar-refractivity contribution in [2.24, 2.45) is 0 Å². The number of urea groups is 1. The Bertz CT molecular complexity index is 923. The van der Waals surface area contributed by atoms with Gasteiger partial charge in [0.05, 0.1) is 7.11 Å². The Kier molecular flexibility index (Phi) is 6.90. The van der Waals surface area contributed by atoms with Crippen LogP contribution in [0.25, 0.3) is 10.1 Å². The van der Waals surface area contributed by atoms with Gasteiger partial charge in [0.15, 0.2) is 0 Å². The van der Waals surface area contributed by atoms with Crippen LogP contribution in [0.4, 0.5) is 4.79 Å². The van der Waals surface area contributed by atoms with E-state index in [0.29, 0.717) is 13.1 Å². The van der Waals surface area contributed by atoms with Gasteiger partial charge in [-0.1, -0.05) is 30.3 Å². The number of methoxy groups -OCH3 is 1. The van der Waals surface area contributed by atoms with Crippen LogP contribution in [0.15, 0.2) is 53.9 Å². The lowest BCUT2D eigenvalue weighted by Gasteiger charge is -2.24. The summed E-state index contributed by atoms with van der Waals surface area (Å²) in [5.74, 6) is 0.787. The Labute approximate surface area is 170 Å². The number of hydrogen-bond acceptors (Lipinski definition) is 4. The Morgan fingerprint density at radius 1 is 1.14 bits per heavy atom. The van der Waals surface area contributed by atoms with E-state index in [-0.39, 0.29) is 12.1 Å². The predicted octanol–water partition coefficient (Wildman–Crippen LogP) is 3.88. The molecule has 0 aliphatic rings. The fourth-order valence-electron chi connectivity index (χ4n) is 3.12. The van der Waals surface area contributed by atoms with E-state index >= 15 is 0 Å². The number of likely N-dealkylation sites (N-methyl/N-ethyl adjacent to an activating group) is 1. The van der Waals surface area contributed by atoms with Gasteiger partial charge in [0.25, 0.3) is 0 Å². The van der Waals surface area contributed by atoms with Crippen molar-refractivity contribution in [3.05, 3.63) is 65.0 Å². The summed E-state index contributed by atoms with van der Waals surface area (Å²) in [6.07, 6.45) is 0.896. The maximum Gasteiger partial charge on any atom is 0.315 e. The molecule has 5 nitrogen and oxygen atoms in total. The van der Waals surface area contributed by atoms with E-state index in [0.717, 1.165) is 17.7 Å². The van der Waals surface area contributed by atoms with Crippen LogP contribution < -0.4 is 15.4 Å². The van der Waals surface area contributed by atoms with Crippen molar-refractivity contribution in [1.82, 2.24) is 15.5 Å². The van der Waals surface area contributed by atoms with E-state index in [1.807, 2.05) is 24.3 Å².